The van der Waals surface area contributed by atoms with Gasteiger partial charge in [-0.1, -0.05) is 0 Å². The van der Waals surface area contributed by atoms with Crippen molar-refractivity contribution in [2.45, 2.75) is 58.5 Å². The minimum absolute atomic E-state index is 0.219. The molecular weight excluding hydrogens is 358 g/mol. The molecule has 28 heavy (non-hydrogen) atoms. The van der Waals surface area contributed by atoms with Crippen LogP contribution < -0.4 is 11.1 Å². The maximum Gasteiger partial charge on any atom is 0.410 e. The highest BCUT2D eigenvalue weighted by molar-refractivity contribution is 5.80. The summed E-state index contributed by atoms with van der Waals surface area (Å²) in [6.07, 6.45) is 4.22. The minimum Gasteiger partial charge on any atom is -0.444 e. The Morgan fingerprint density at radius 1 is 1.11 bits per heavy atom. The number of ether oxygens (including phenoxy) is 1. The van der Waals surface area contributed by atoms with Crippen LogP contribution in [0.25, 0.3) is 0 Å². The minimum atomic E-state index is -0.456. The van der Waals surface area contributed by atoms with E-state index in [1.807, 2.05) is 20.8 Å². The van der Waals surface area contributed by atoms with Crippen molar-refractivity contribution >= 4 is 18.0 Å². The standard InChI is InChI=1S/C20H37N5O3/c1-20(2,3)28-19(27)24-10-7-15(8-11-24)13-23-18(22-4)25-9-5-6-16(14-25)12-17(21)26/h15-16H,5-14H2,1-4H3,(H2,21,26)(H,22,23). The summed E-state index contributed by atoms with van der Waals surface area (Å²) in [7, 11) is 1.80. The van der Waals surface area contributed by atoms with Gasteiger partial charge < -0.3 is 25.6 Å². The smallest absolute Gasteiger partial charge is 0.410 e. The molecule has 2 amide bonds. The van der Waals surface area contributed by atoms with Gasteiger partial charge in [-0.05, 0) is 58.3 Å². The van der Waals surface area contributed by atoms with E-state index < -0.39 is 5.60 Å². The van der Waals surface area contributed by atoms with Crippen molar-refractivity contribution in [2.75, 3.05) is 39.8 Å². The van der Waals surface area contributed by atoms with E-state index in [9.17, 15) is 9.59 Å². The van der Waals surface area contributed by atoms with Crippen LogP contribution in [0, 0.1) is 11.8 Å². The number of nitrogens with two attached hydrogens (primary N) is 1. The van der Waals surface area contributed by atoms with Gasteiger partial charge in [0.15, 0.2) is 5.96 Å². The number of piperidine rings is 2. The lowest BCUT2D eigenvalue weighted by molar-refractivity contribution is -0.119. The molecule has 2 fully saturated rings. The van der Waals surface area contributed by atoms with Gasteiger partial charge >= 0.3 is 6.09 Å². The first-order chi connectivity index (χ1) is 13.2. The van der Waals surface area contributed by atoms with Crippen molar-refractivity contribution < 1.29 is 14.3 Å². The number of nitrogens with one attached hydrogen (secondary N) is 1. The Kier molecular flexibility index (Phi) is 7.95. The summed E-state index contributed by atoms with van der Waals surface area (Å²) in [4.78, 5) is 31.8. The Morgan fingerprint density at radius 2 is 1.79 bits per heavy atom. The van der Waals surface area contributed by atoms with Gasteiger partial charge in [0.25, 0.3) is 0 Å². The SMILES string of the molecule is CN=C(NCC1CCN(C(=O)OC(C)(C)C)CC1)N1CCCC(CC(N)=O)C1. The van der Waals surface area contributed by atoms with Crippen LogP contribution in [-0.2, 0) is 9.53 Å². The van der Waals surface area contributed by atoms with Crippen LogP contribution in [-0.4, -0.2) is 73.1 Å². The van der Waals surface area contributed by atoms with Crippen LogP contribution in [0.15, 0.2) is 4.99 Å². The number of hydrogen-bond donors (Lipinski definition) is 2. The fourth-order valence-electron chi connectivity index (χ4n) is 3.92. The van der Waals surface area contributed by atoms with E-state index in [-0.39, 0.29) is 12.0 Å². The molecule has 1 unspecified atom stereocenters. The molecule has 0 saturated carbocycles. The van der Waals surface area contributed by atoms with Crippen molar-refractivity contribution in [3.63, 3.8) is 0 Å². The second kappa shape index (κ2) is 9.98. The van der Waals surface area contributed by atoms with Crippen LogP contribution >= 0.6 is 0 Å². The monoisotopic (exact) mass is 395 g/mol. The third-order valence-electron chi connectivity index (χ3n) is 5.34. The van der Waals surface area contributed by atoms with E-state index in [1.165, 1.54) is 0 Å². The van der Waals surface area contributed by atoms with Crippen molar-refractivity contribution in [3.05, 3.63) is 0 Å². The molecule has 2 saturated heterocycles. The van der Waals surface area contributed by atoms with Crippen LogP contribution in [0.2, 0.25) is 0 Å². The van der Waals surface area contributed by atoms with Crippen molar-refractivity contribution in [1.82, 2.24) is 15.1 Å². The number of guanidine groups is 1. The first kappa shape index (κ1) is 22.3. The number of primary amides is 1. The third kappa shape index (κ3) is 7.20. The second-order valence-corrected chi connectivity index (χ2v) is 8.96. The summed E-state index contributed by atoms with van der Waals surface area (Å²) in [6.45, 7) is 9.73. The van der Waals surface area contributed by atoms with Gasteiger partial charge in [-0.3, -0.25) is 9.79 Å². The molecular formula is C20H37N5O3. The summed E-state index contributed by atoms with van der Waals surface area (Å²) in [5.74, 6) is 1.47. The Balaban J connectivity index is 1.76. The molecule has 2 rings (SSSR count). The van der Waals surface area contributed by atoms with Gasteiger partial charge in [-0.25, -0.2) is 4.79 Å². The molecule has 0 bridgehead atoms. The topological polar surface area (TPSA) is 100 Å². The number of nitrogens with zero attached hydrogens (tertiary/aromatic N) is 3. The van der Waals surface area contributed by atoms with Crippen molar-refractivity contribution in [1.29, 1.82) is 0 Å². The number of amides is 2. The van der Waals surface area contributed by atoms with Gasteiger partial charge in [0.05, 0.1) is 0 Å². The number of aliphatic imine (C=N–C) groups is 1. The lowest BCUT2D eigenvalue weighted by Gasteiger charge is -2.36. The molecule has 2 heterocycles. The fraction of sp³-hybridized carbons (Fsp3) is 0.850. The average molecular weight is 396 g/mol. The molecule has 3 N–H and O–H groups in total. The molecule has 0 aromatic carbocycles. The lowest BCUT2D eigenvalue weighted by Crippen LogP contribution is -2.49. The maximum atomic E-state index is 12.2. The van der Waals surface area contributed by atoms with E-state index in [2.05, 4.69) is 15.2 Å². The normalized spacial score (nSPS) is 22.1. The van der Waals surface area contributed by atoms with Gasteiger partial charge in [-0.15, -0.1) is 0 Å². The first-order valence-corrected chi connectivity index (χ1v) is 10.4. The highest BCUT2D eigenvalue weighted by atomic mass is 16.6. The predicted molar refractivity (Wildman–Crippen MR) is 110 cm³/mol. The molecule has 2 aliphatic heterocycles. The van der Waals surface area contributed by atoms with E-state index in [4.69, 9.17) is 10.5 Å². The van der Waals surface area contributed by atoms with Gasteiger partial charge in [0, 0.05) is 46.2 Å². The number of carbonyl (C=O) groups is 2. The Hall–Kier alpha value is -1.99. The van der Waals surface area contributed by atoms with E-state index in [0.29, 0.717) is 18.3 Å². The molecule has 8 nitrogen and oxygen atoms in total. The zero-order valence-electron chi connectivity index (χ0n) is 17.9. The highest BCUT2D eigenvalue weighted by Gasteiger charge is 2.28. The first-order valence-electron chi connectivity index (χ1n) is 10.4. The Labute approximate surface area is 168 Å². The van der Waals surface area contributed by atoms with Crippen LogP contribution in [0.5, 0.6) is 0 Å². The molecule has 1 atom stereocenters. The van der Waals surface area contributed by atoms with Crippen molar-refractivity contribution in [3.8, 4) is 0 Å². The second-order valence-electron chi connectivity index (χ2n) is 8.96. The largest absolute Gasteiger partial charge is 0.444 e. The number of rotatable bonds is 4. The molecule has 0 spiro atoms. The Morgan fingerprint density at radius 3 is 2.36 bits per heavy atom. The summed E-state index contributed by atoms with van der Waals surface area (Å²) in [5.41, 5.74) is 4.90. The van der Waals surface area contributed by atoms with E-state index >= 15 is 0 Å². The molecule has 0 aromatic rings. The number of likely N-dealkylation sites (tertiary alicyclic amines) is 2. The fourth-order valence-corrected chi connectivity index (χ4v) is 3.92. The molecule has 160 valence electrons. The predicted octanol–water partition coefficient (Wildman–Crippen LogP) is 1.80. The highest BCUT2D eigenvalue weighted by Crippen LogP contribution is 2.21. The Bertz CT molecular complexity index is 565. The third-order valence-corrected chi connectivity index (χ3v) is 5.34. The van der Waals surface area contributed by atoms with Crippen LogP contribution in [0.4, 0.5) is 4.79 Å². The van der Waals surface area contributed by atoms with Crippen LogP contribution in [0.1, 0.15) is 52.9 Å². The zero-order chi connectivity index (χ0) is 20.7. The zero-order valence-corrected chi connectivity index (χ0v) is 17.9. The average Bonchev–Trinajstić information content (AvgIpc) is 2.61. The van der Waals surface area contributed by atoms with Gasteiger partial charge in [0.1, 0.15) is 5.60 Å². The van der Waals surface area contributed by atoms with Gasteiger partial charge in [-0.2, -0.15) is 0 Å². The summed E-state index contributed by atoms with van der Waals surface area (Å²) in [5, 5.41) is 3.49. The lowest BCUT2D eigenvalue weighted by atomic mass is 9.94. The maximum absolute atomic E-state index is 12.2. The molecule has 0 radical (unpaired) electrons. The number of hydrogen-bond acceptors (Lipinski definition) is 4. The van der Waals surface area contributed by atoms with Crippen LogP contribution in [0.3, 0.4) is 0 Å². The quantitative estimate of drug-likeness (QED) is 0.558. The molecule has 2 aliphatic rings. The van der Waals surface area contributed by atoms with Crippen molar-refractivity contribution in [2.24, 2.45) is 22.6 Å². The summed E-state index contributed by atoms with van der Waals surface area (Å²) < 4.78 is 5.46. The number of carbonyl (C=O) groups excluding carboxylic acids is 2. The summed E-state index contributed by atoms with van der Waals surface area (Å²) in [6, 6.07) is 0. The molecule has 0 aromatic heterocycles. The van der Waals surface area contributed by atoms with E-state index in [1.54, 1.807) is 11.9 Å². The molecule has 0 aliphatic carbocycles. The molecule has 8 heteroatoms. The van der Waals surface area contributed by atoms with E-state index in [0.717, 1.165) is 64.4 Å². The summed E-state index contributed by atoms with van der Waals surface area (Å²) >= 11 is 0. The van der Waals surface area contributed by atoms with Gasteiger partial charge in [0.2, 0.25) is 5.91 Å².